The molecule has 0 aliphatic rings. The van der Waals surface area contributed by atoms with Crippen LogP contribution >= 0.6 is 0 Å². The molecule has 0 atom stereocenters. The van der Waals surface area contributed by atoms with Gasteiger partial charge in [0.25, 0.3) is 0 Å². The van der Waals surface area contributed by atoms with E-state index in [0.29, 0.717) is 27.8 Å². The molecular formula is C20H20F4N4O2. The summed E-state index contributed by atoms with van der Waals surface area (Å²) in [7, 11) is 0. The zero-order valence-corrected chi connectivity index (χ0v) is 16.4. The lowest BCUT2D eigenvalue weighted by Gasteiger charge is -2.15. The van der Waals surface area contributed by atoms with Crippen molar-refractivity contribution in [3.8, 4) is 0 Å². The molecule has 160 valence electrons. The van der Waals surface area contributed by atoms with Crippen LogP contribution in [0, 0.1) is 26.6 Å². The third kappa shape index (κ3) is 5.56. The van der Waals surface area contributed by atoms with Gasteiger partial charge < -0.3 is 16.4 Å². The molecule has 0 spiro atoms. The van der Waals surface area contributed by atoms with Gasteiger partial charge in [0, 0.05) is 17.8 Å². The highest BCUT2D eigenvalue weighted by Gasteiger charge is 2.38. The van der Waals surface area contributed by atoms with Crippen LogP contribution in [-0.2, 0) is 11.3 Å². The van der Waals surface area contributed by atoms with E-state index in [1.54, 1.807) is 38.2 Å². The van der Waals surface area contributed by atoms with Crippen molar-refractivity contribution >= 4 is 23.5 Å². The van der Waals surface area contributed by atoms with Crippen molar-refractivity contribution in [2.45, 2.75) is 33.5 Å². The van der Waals surface area contributed by atoms with Gasteiger partial charge >= 0.3 is 18.1 Å². The average Bonchev–Trinajstić information content (AvgIpc) is 2.63. The minimum absolute atomic E-state index is 0.168. The van der Waals surface area contributed by atoms with Gasteiger partial charge in [-0.25, -0.2) is 9.18 Å². The molecule has 3 amide bonds. The number of hydrogen-bond acceptors (Lipinski definition) is 2. The maximum Gasteiger partial charge on any atom is 0.471 e. The van der Waals surface area contributed by atoms with Crippen LogP contribution in [0.3, 0.4) is 0 Å². The first-order chi connectivity index (χ1) is 13.9. The number of amides is 3. The first-order valence-electron chi connectivity index (χ1n) is 8.76. The molecule has 2 aromatic carbocycles. The summed E-state index contributed by atoms with van der Waals surface area (Å²) in [5.41, 5.74) is 8.39. The van der Waals surface area contributed by atoms with Gasteiger partial charge in [-0.3, -0.25) is 4.79 Å². The third-order valence-electron chi connectivity index (χ3n) is 4.38. The molecule has 0 aromatic heterocycles. The normalized spacial score (nSPS) is 11.9. The lowest BCUT2D eigenvalue weighted by Crippen LogP contribution is -2.36. The van der Waals surface area contributed by atoms with Crippen LogP contribution < -0.4 is 16.4 Å². The molecule has 30 heavy (non-hydrogen) atoms. The van der Waals surface area contributed by atoms with Gasteiger partial charge in [-0.05, 0) is 55.2 Å². The Morgan fingerprint density at radius 1 is 1.07 bits per heavy atom. The van der Waals surface area contributed by atoms with Crippen molar-refractivity contribution in [2.75, 3.05) is 5.32 Å². The van der Waals surface area contributed by atoms with Crippen LogP contribution in [-0.4, -0.2) is 24.0 Å². The van der Waals surface area contributed by atoms with Gasteiger partial charge in [0.15, 0.2) is 0 Å². The van der Waals surface area contributed by atoms with E-state index in [2.05, 4.69) is 10.3 Å². The number of anilines is 1. The van der Waals surface area contributed by atoms with Gasteiger partial charge in [-0.2, -0.15) is 18.2 Å². The number of nitrogens with one attached hydrogen (secondary N) is 2. The number of halogens is 4. The highest BCUT2D eigenvalue weighted by Crippen LogP contribution is 2.20. The monoisotopic (exact) mass is 424 g/mol. The lowest BCUT2D eigenvalue weighted by atomic mass is 9.96. The molecule has 0 bridgehead atoms. The van der Waals surface area contributed by atoms with Crippen molar-refractivity contribution in [2.24, 2.45) is 10.7 Å². The maximum absolute atomic E-state index is 13.6. The van der Waals surface area contributed by atoms with Crippen molar-refractivity contribution in [1.29, 1.82) is 0 Å². The van der Waals surface area contributed by atoms with Gasteiger partial charge in [-0.1, -0.05) is 18.2 Å². The molecule has 0 radical (unpaired) electrons. The molecule has 0 aliphatic carbocycles. The van der Waals surface area contributed by atoms with E-state index in [9.17, 15) is 27.2 Å². The van der Waals surface area contributed by atoms with Gasteiger partial charge in [0.05, 0.1) is 0 Å². The highest BCUT2D eigenvalue weighted by molar-refractivity contribution is 6.08. The Hall–Kier alpha value is -3.43. The number of rotatable bonds is 4. The topological polar surface area (TPSA) is 96.6 Å². The molecular weight excluding hydrogens is 404 g/mol. The molecule has 2 aromatic rings. The van der Waals surface area contributed by atoms with Crippen LogP contribution in [0.1, 0.15) is 27.8 Å². The molecule has 10 heteroatoms. The maximum atomic E-state index is 13.6. The number of benzene rings is 2. The Morgan fingerprint density at radius 3 is 2.30 bits per heavy atom. The molecule has 0 saturated heterocycles. The summed E-state index contributed by atoms with van der Waals surface area (Å²) < 4.78 is 50.7. The molecule has 0 aliphatic heterocycles. The second-order valence-corrected chi connectivity index (χ2v) is 6.61. The van der Waals surface area contributed by atoms with Crippen LogP contribution in [0.25, 0.3) is 0 Å². The number of nitrogens with zero attached hydrogens (tertiary/aromatic N) is 1. The van der Waals surface area contributed by atoms with Crippen molar-refractivity contribution in [3.05, 3.63) is 64.0 Å². The van der Waals surface area contributed by atoms with E-state index in [4.69, 9.17) is 5.73 Å². The number of aryl methyl sites for hydroxylation is 2. The Labute approximate surface area is 170 Å². The predicted octanol–water partition coefficient (Wildman–Crippen LogP) is 3.87. The Balaban J connectivity index is 2.23. The minimum atomic E-state index is -4.99. The molecule has 6 nitrogen and oxygen atoms in total. The Kier molecular flexibility index (Phi) is 6.81. The fraction of sp³-hybridized carbons (Fsp3) is 0.250. The van der Waals surface area contributed by atoms with Crippen LogP contribution in [0.4, 0.5) is 28.0 Å². The minimum Gasteiger partial charge on any atom is -0.383 e. The van der Waals surface area contributed by atoms with Crippen molar-refractivity contribution < 1.29 is 27.2 Å². The summed E-state index contributed by atoms with van der Waals surface area (Å²) in [5.74, 6) is -2.72. The average molecular weight is 424 g/mol. The second kappa shape index (κ2) is 8.93. The summed E-state index contributed by atoms with van der Waals surface area (Å²) in [4.78, 5) is 26.9. The molecule has 0 unspecified atom stereocenters. The Morgan fingerprint density at radius 2 is 1.70 bits per heavy atom. The highest BCUT2D eigenvalue weighted by atomic mass is 19.4. The van der Waals surface area contributed by atoms with E-state index in [1.807, 2.05) is 0 Å². The first kappa shape index (κ1) is 22.9. The summed E-state index contributed by atoms with van der Waals surface area (Å²) in [6.45, 7) is 4.48. The molecule has 0 heterocycles. The largest absolute Gasteiger partial charge is 0.471 e. The second-order valence-electron chi connectivity index (χ2n) is 6.61. The van der Waals surface area contributed by atoms with Gasteiger partial charge in [-0.15, -0.1) is 0 Å². The third-order valence-corrected chi connectivity index (χ3v) is 4.38. The number of urea groups is 1. The van der Waals surface area contributed by atoms with E-state index in [-0.39, 0.29) is 18.1 Å². The number of carbonyl (C=O) groups excluding carboxylic acids is 2. The number of aliphatic imine (C=N–C) groups is 1. The molecule has 0 fully saturated rings. The smallest absolute Gasteiger partial charge is 0.383 e. The standard InChI is InChI=1S/C20H20F4N4O2/c1-10-5-7-14(8-15(10)21)27-19(30)28-17(25)16-11(2)4-6-13(12(16)3)9-26-18(29)20(22,23)24/h4-8H,9H2,1-3H3,(H,26,29)(H3,25,27,28,30). The summed E-state index contributed by atoms with van der Waals surface area (Å²) >= 11 is 0. The van der Waals surface area contributed by atoms with Crippen molar-refractivity contribution in [1.82, 2.24) is 5.32 Å². The quantitative estimate of drug-likeness (QED) is 0.395. The lowest BCUT2D eigenvalue weighted by molar-refractivity contribution is -0.173. The summed E-state index contributed by atoms with van der Waals surface area (Å²) in [6, 6.07) is 6.43. The molecule has 0 saturated carbocycles. The van der Waals surface area contributed by atoms with E-state index in [0.717, 1.165) is 6.07 Å². The van der Waals surface area contributed by atoms with Crippen LogP contribution in [0.2, 0.25) is 0 Å². The van der Waals surface area contributed by atoms with Gasteiger partial charge in [0.2, 0.25) is 0 Å². The summed E-state index contributed by atoms with van der Waals surface area (Å²) in [6.07, 6.45) is -4.99. The van der Waals surface area contributed by atoms with Crippen LogP contribution in [0.15, 0.2) is 35.3 Å². The SMILES string of the molecule is Cc1ccc(NC(=O)/N=C(\N)c2c(C)ccc(CNC(=O)C(F)(F)F)c2C)cc1F. The Bertz CT molecular complexity index is 1020. The van der Waals surface area contributed by atoms with E-state index >= 15 is 0 Å². The number of amidine groups is 1. The van der Waals surface area contributed by atoms with Gasteiger partial charge in [0.1, 0.15) is 11.7 Å². The predicted molar refractivity (Wildman–Crippen MR) is 105 cm³/mol. The number of alkyl halides is 3. The van der Waals surface area contributed by atoms with Crippen molar-refractivity contribution in [3.63, 3.8) is 0 Å². The number of hydrogen-bond donors (Lipinski definition) is 3. The van der Waals surface area contributed by atoms with E-state index in [1.165, 1.54) is 12.1 Å². The first-order valence-corrected chi connectivity index (χ1v) is 8.76. The fourth-order valence-electron chi connectivity index (χ4n) is 2.74. The number of nitrogens with two attached hydrogens (primary N) is 1. The zero-order valence-electron chi connectivity index (χ0n) is 16.4. The number of carbonyl (C=O) groups is 2. The zero-order chi connectivity index (χ0) is 22.6. The van der Waals surface area contributed by atoms with E-state index < -0.39 is 23.9 Å². The molecule has 2 rings (SSSR count). The fourth-order valence-corrected chi connectivity index (χ4v) is 2.74. The molecule has 4 N–H and O–H groups in total. The summed E-state index contributed by atoms with van der Waals surface area (Å²) in [5, 5.41) is 4.18. The van der Waals surface area contributed by atoms with Crippen LogP contribution in [0.5, 0.6) is 0 Å².